The monoisotopic (exact) mass is 179 g/mol. The molecule has 0 radical (unpaired) electrons. The van der Waals surface area contributed by atoms with Crippen LogP contribution in [0.25, 0.3) is 0 Å². The molecule has 0 amide bonds. The van der Waals surface area contributed by atoms with Gasteiger partial charge in [-0.3, -0.25) is 0 Å². The molecule has 2 bridgehead atoms. The second kappa shape index (κ2) is 3.45. The van der Waals surface area contributed by atoms with Crippen LogP contribution in [0.2, 0.25) is 0 Å². The van der Waals surface area contributed by atoms with E-state index in [9.17, 15) is 0 Å². The van der Waals surface area contributed by atoms with Gasteiger partial charge in [0, 0.05) is 6.04 Å². The minimum Gasteiger partial charge on any atom is -0.327 e. The zero-order valence-corrected chi connectivity index (χ0v) is 8.84. The van der Waals surface area contributed by atoms with E-state index in [0.717, 1.165) is 11.8 Å². The molecule has 74 valence electrons. The maximum absolute atomic E-state index is 6.27. The van der Waals surface area contributed by atoms with Gasteiger partial charge in [0.15, 0.2) is 0 Å². The van der Waals surface area contributed by atoms with Crippen LogP contribution in [-0.4, -0.2) is 6.04 Å². The number of hydrogen-bond donors (Lipinski definition) is 1. The van der Waals surface area contributed by atoms with Gasteiger partial charge >= 0.3 is 0 Å². The average molecular weight is 179 g/mol. The van der Waals surface area contributed by atoms with Crippen molar-refractivity contribution < 1.29 is 0 Å². The Balaban J connectivity index is 2.32. The van der Waals surface area contributed by atoms with Crippen LogP contribution in [0.3, 0.4) is 0 Å². The van der Waals surface area contributed by atoms with Crippen LogP contribution >= 0.6 is 0 Å². The van der Waals surface area contributed by atoms with Gasteiger partial charge in [0.25, 0.3) is 0 Å². The van der Waals surface area contributed by atoms with Crippen molar-refractivity contribution in [2.45, 2.75) is 52.0 Å². The molecule has 0 aromatic carbocycles. The maximum Gasteiger partial charge on any atom is 0.0171 e. The Morgan fingerprint density at radius 1 is 1.08 bits per heavy atom. The summed E-state index contributed by atoms with van der Waals surface area (Å²) in [6, 6.07) is 0.471. The lowest BCUT2D eigenvalue weighted by Crippen LogP contribution is -2.36. The Hall–Kier alpha value is -0.300. The lowest BCUT2D eigenvalue weighted by Gasteiger charge is -2.28. The summed E-state index contributed by atoms with van der Waals surface area (Å²) in [5, 5.41) is 0. The van der Waals surface area contributed by atoms with Crippen molar-refractivity contribution in [1.82, 2.24) is 0 Å². The van der Waals surface area contributed by atoms with Crippen LogP contribution < -0.4 is 5.73 Å². The topological polar surface area (TPSA) is 26.0 Å². The highest BCUT2D eigenvalue weighted by molar-refractivity contribution is 5.31. The number of nitrogens with two attached hydrogens (primary N) is 1. The summed E-state index contributed by atoms with van der Waals surface area (Å²) in [5.74, 6) is 1.50. The summed E-state index contributed by atoms with van der Waals surface area (Å²) in [6.45, 7) is 4.58. The van der Waals surface area contributed by atoms with Crippen molar-refractivity contribution in [1.29, 1.82) is 0 Å². The van der Waals surface area contributed by atoms with Gasteiger partial charge in [0.2, 0.25) is 0 Å². The van der Waals surface area contributed by atoms with E-state index in [1.165, 1.54) is 32.1 Å². The molecule has 0 saturated heterocycles. The minimum absolute atomic E-state index is 0.471. The molecule has 0 unspecified atom stereocenters. The molecule has 1 heteroatoms. The molecule has 0 aromatic rings. The molecular formula is C12H21N. The van der Waals surface area contributed by atoms with Gasteiger partial charge in [-0.2, -0.15) is 0 Å². The fraction of sp³-hybridized carbons (Fsp3) is 0.833. The molecule has 2 atom stereocenters. The van der Waals surface area contributed by atoms with Crippen LogP contribution in [0.15, 0.2) is 11.1 Å². The molecule has 0 aliphatic heterocycles. The van der Waals surface area contributed by atoms with E-state index in [2.05, 4.69) is 13.8 Å². The normalized spacial score (nSPS) is 38.5. The lowest BCUT2D eigenvalue weighted by atomic mass is 9.80. The Bertz CT molecular complexity index is 207. The van der Waals surface area contributed by atoms with Gasteiger partial charge in [0.1, 0.15) is 0 Å². The summed E-state index contributed by atoms with van der Waals surface area (Å²) >= 11 is 0. The molecular weight excluding hydrogens is 158 g/mol. The van der Waals surface area contributed by atoms with E-state index >= 15 is 0 Å². The van der Waals surface area contributed by atoms with Gasteiger partial charge < -0.3 is 5.73 Å². The van der Waals surface area contributed by atoms with Crippen molar-refractivity contribution in [3.05, 3.63) is 11.1 Å². The third-order valence-corrected chi connectivity index (χ3v) is 4.03. The highest BCUT2D eigenvalue weighted by atomic mass is 14.7. The molecule has 0 aromatic heterocycles. The first-order valence-electron chi connectivity index (χ1n) is 5.77. The summed E-state index contributed by atoms with van der Waals surface area (Å²) in [6.07, 6.45) is 6.57. The first-order chi connectivity index (χ1) is 6.29. The van der Waals surface area contributed by atoms with Crippen LogP contribution in [-0.2, 0) is 0 Å². The molecule has 1 nitrogen and oxygen atoms in total. The fourth-order valence-corrected chi connectivity index (χ4v) is 3.49. The number of hydrogen-bond acceptors (Lipinski definition) is 1. The summed E-state index contributed by atoms with van der Waals surface area (Å²) < 4.78 is 0. The maximum atomic E-state index is 6.27. The lowest BCUT2D eigenvalue weighted by molar-refractivity contribution is 0.309. The molecule has 2 aliphatic carbocycles. The first-order valence-corrected chi connectivity index (χ1v) is 5.77. The van der Waals surface area contributed by atoms with Crippen LogP contribution in [0.5, 0.6) is 0 Å². The average Bonchev–Trinajstić information content (AvgIpc) is 2.34. The molecule has 1 fully saturated rings. The second-order valence-corrected chi connectivity index (χ2v) is 4.48. The molecule has 0 spiro atoms. The Kier molecular flexibility index (Phi) is 2.46. The fourth-order valence-electron chi connectivity index (χ4n) is 3.49. The first kappa shape index (κ1) is 9.26. The Labute approximate surface area is 81.4 Å². The van der Waals surface area contributed by atoms with E-state index in [4.69, 9.17) is 5.73 Å². The molecule has 2 N–H and O–H groups in total. The molecule has 1 saturated carbocycles. The predicted octanol–water partition coefficient (Wildman–Crippen LogP) is 2.86. The largest absolute Gasteiger partial charge is 0.327 e. The van der Waals surface area contributed by atoms with Gasteiger partial charge in [-0.1, -0.05) is 31.4 Å². The highest BCUT2D eigenvalue weighted by Gasteiger charge is 2.40. The van der Waals surface area contributed by atoms with E-state index in [0.29, 0.717) is 6.04 Å². The predicted molar refractivity (Wildman–Crippen MR) is 56.4 cm³/mol. The van der Waals surface area contributed by atoms with Crippen molar-refractivity contribution in [3.63, 3.8) is 0 Å². The third kappa shape index (κ3) is 1.25. The summed E-state index contributed by atoms with van der Waals surface area (Å²) in [4.78, 5) is 0. The summed E-state index contributed by atoms with van der Waals surface area (Å²) in [5.41, 5.74) is 9.71. The minimum atomic E-state index is 0.471. The molecule has 13 heavy (non-hydrogen) atoms. The Morgan fingerprint density at radius 3 is 1.92 bits per heavy atom. The Morgan fingerprint density at radius 2 is 1.54 bits per heavy atom. The van der Waals surface area contributed by atoms with Gasteiger partial charge in [-0.25, -0.2) is 0 Å². The highest BCUT2D eigenvalue weighted by Crippen LogP contribution is 2.47. The molecule has 2 rings (SSSR count). The van der Waals surface area contributed by atoms with Crippen LogP contribution in [0, 0.1) is 11.8 Å². The van der Waals surface area contributed by atoms with E-state index in [1.807, 2.05) is 0 Å². The van der Waals surface area contributed by atoms with Gasteiger partial charge in [0.05, 0.1) is 0 Å². The van der Waals surface area contributed by atoms with Crippen molar-refractivity contribution in [2.24, 2.45) is 17.6 Å². The van der Waals surface area contributed by atoms with E-state index < -0.39 is 0 Å². The molecule has 2 aliphatic rings. The van der Waals surface area contributed by atoms with Crippen molar-refractivity contribution >= 4 is 0 Å². The zero-order valence-electron chi connectivity index (χ0n) is 8.84. The summed E-state index contributed by atoms with van der Waals surface area (Å²) in [7, 11) is 0. The zero-order chi connectivity index (χ0) is 9.42. The second-order valence-electron chi connectivity index (χ2n) is 4.48. The van der Waals surface area contributed by atoms with E-state index in [-0.39, 0.29) is 0 Å². The van der Waals surface area contributed by atoms with Crippen molar-refractivity contribution in [3.8, 4) is 0 Å². The van der Waals surface area contributed by atoms with Gasteiger partial charge in [-0.05, 0) is 37.5 Å². The number of rotatable bonds is 2. The van der Waals surface area contributed by atoms with Gasteiger partial charge in [-0.15, -0.1) is 0 Å². The van der Waals surface area contributed by atoms with Crippen LogP contribution in [0.1, 0.15) is 46.0 Å². The third-order valence-electron chi connectivity index (χ3n) is 4.03. The van der Waals surface area contributed by atoms with E-state index in [1.54, 1.807) is 11.1 Å². The van der Waals surface area contributed by atoms with Crippen molar-refractivity contribution in [2.75, 3.05) is 0 Å². The SMILES string of the molecule is CCC1=C(CC)[C@@H]2CCC[C@@H]1C2N. The quantitative estimate of drug-likeness (QED) is 0.648. The van der Waals surface area contributed by atoms with Crippen LogP contribution in [0.4, 0.5) is 0 Å². The smallest absolute Gasteiger partial charge is 0.0171 e. The standard InChI is InChI=1S/C12H21N/c1-3-8-9(4-2)11-7-5-6-10(8)12(11)13/h10-12H,3-7,13H2,1-2H3/t10-,11-/m0/s1. The number of fused-ring (bicyclic) bond motifs is 2. The molecule has 0 heterocycles.